The van der Waals surface area contributed by atoms with E-state index in [4.69, 9.17) is 0 Å². The molecule has 1 aromatic rings. The summed E-state index contributed by atoms with van der Waals surface area (Å²) in [5, 5.41) is 3.22. The van der Waals surface area contributed by atoms with Gasteiger partial charge in [0.1, 0.15) is 11.5 Å². The molecule has 2 heterocycles. The van der Waals surface area contributed by atoms with Gasteiger partial charge in [0.2, 0.25) is 0 Å². The van der Waals surface area contributed by atoms with Crippen LogP contribution in [0.5, 0.6) is 0 Å². The summed E-state index contributed by atoms with van der Waals surface area (Å²) in [6.07, 6.45) is -0.770. The Hall–Kier alpha value is -1.17. The SMILES string of the molecule is FC(F)(F)c1ccnc(CCC2CCNC2)n1. The second-order valence-corrected chi connectivity index (χ2v) is 4.25. The van der Waals surface area contributed by atoms with Crippen molar-refractivity contribution in [2.45, 2.75) is 25.4 Å². The highest BCUT2D eigenvalue weighted by Gasteiger charge is 2.32. The first-order valence-electron chi connectivity index (χ1n) is 5.65. The first-order chi connectivity index (χ1) is 8.05. The van der Waals surface area contributed by atoms with E-state index in [1.54, 1.807) is 0 Å². The van der Waals surface area contributed by atoms with Crippen LogP contribution in [0.15, 0.2) is 12.3 Å². The van der Waals surface area contributed by atoms with Crippen molar-refractivity contribution < 1.29 is 13.2 Å². The van der Waals surface area contributed by atoms with Crippen LogP contribution >= 0.6 is 0 Å². The average molecular weight is 245 g/mol. The summed E-state index contributed by atoms with van der Waals surface area (Å²) >= 11 is 0. The molecule has 0 bridgehead atoms. The molecule has 1 N–H and O–H groups in total. The van der Waals surface area contributed by atoms with Crippen molar-refractivity contribution in [2.24, 2.45) is 5.92 Å². The Morgan fingerprint density at radius 3 is 2.88 bits per heavy atom. The Balaban J connectivity index is 1.96. The normalized spacial score (nSPS) is 20.8. The fourth-order valence-electron chi connectivity index (χ4n) is 1.97. The molecule has 6 heteroatoms. The van der Waals surface area contributed by atoms with Gasteiger partial charge in [-0.25, -0.2) is 9.97 Å². The van der Waals surface area contributed by atoms with Crippen LogP contribution in [0.1, 0.15) is 24.4 Å². The molecule has 1 aromatic heterocycles. The van der Waals surface area contributed by atoms with Crippen molar-refractivity contribution in [3.05, 3.63) is 23.8 Å². The van der Waals surface area contributed by atoms with Gasteiger partial charge in [-0.2, -0.15) is 13.2 Å². The van der Waals surface area contributed by atoms with Gasteiger partial charge in [0, 0.05) is 12.6 Å². The lowest BCUT2D eigenvalue weighted by Gasteiger charge is -2.09. The second-order valence-electron chi connectivity index (χ2n) is 4.25. The number of rotatable bonds is 3. The number of hydrogen-bond acceptors (Lipinski definition) is 3. The third-order valence-corrected chi connectivity index (χ3v) is 2.93. The van der Waals surface area contributed by atoms with Crippen LogP contribution in [0.3, 0.4) is 0 Å². The number of aromatic nitrogens is 2. The Bertz CT molecular complexity index is 372. The monoisotopic (exact) mass is 245 g/mol. The fraction of sp³-hybridized carbons (Fsp3) is 0.636. The van der Waals surface area contributed by atoms with Crippen molar-refractivity contribution in [2.75, 3.05) is 13.1 Å². The van der Waals surface area contributed by atoms with E-state index < -0.39 is 11.9 Å². The predicted octanol–water partition coefficient (Wildman–Crippen LogP) is 2.04. The maximum Gasteiger partial charge on any atom is 0.433 e. The zero-order valence-electron chi connectivity index (χ0n) is 9.30. The Morgan fingerprint density at radius 1 is 1.41 bits per heavy atom. The highest BCUT2D eigenvalue weighted by atomic mass is 19.4. The standard InChI is InChI=1S/C11H14F3N3/c12-11(13,14)9-4-6-16-10(17-9)2-1-8-3-5-15-7-8/h4,6,8,15H,1-3,5,7H2. The predicted molar refractivity (Wildman–Crippen MR) is 56.3 cm³/mol. The van der Waals surface area contributed by atoms with Crippen molar-refractivity contribution in [3.63, 3.8) is 0 Å². The molecule has 1 aliphatic rings. The fourth-order valence-corrected chi connectivity index (χ4v) is 1.97. The van der Waals surface area contributed by atoms with E-state index in [-0.39, 0.29) is 5.82 Å². The first-order valence-corrected chi connectivity index (χ1v) is 5.65. The van der Waals surface area contributed by atoms with Crippen LogP contribution in [0, 0.1) is 5.92 Å². The van der Waals surface area contributed by atoms with Crippen LogP contribution < -0.4 is 5.32 Å². The average Bonchev–Trinajstić information content (AvgIpc) is 2.78. The van der Waals surface area contributed by atoms with E-state index in [2.05, 4.69) is 15.3 Å². The summed E-state index contributed by atoms with van der Waals surface area (Å²) in [5.74, 6) is 0.819. The minimum atomic E-state index is -4.38. The van der Waals surface area contributed by atoms with E-state index in [0.29, 0.717) is 12.3 Å². The minimum Gasteiger partial charge on any atom is -0.316 e. The first kappa shape index (κ1) is 12.3. The Morgan fingerprint density at radius 2 is 2.24 bits per heavy atom. The van der Waals surface area contributed by atoms with Crippen LogP contribution in [-0.2, 0) is 12.6 Å². The molecule has 0 amide bonds. The molecule has 0 radical (unpaired) electrons. The highest BCUT2D eigenvalue weighted by molar-refractivity contribution is 5.06. The van der Waals surface area contributed by atoms with Crippen LogP contribution in [0.4, 0.5) is 13.2 Å². The summed E-state index contributed by atoms with van der Waals surface area (Å²) in [6.45, 7) is 1.94. The van der Waals surface area contributed by atoms with Crippen LogP contribution in [-0.4, -0.2) is 23.1 Å². The highest BCUT2D eigenvalue weighted by Crippen LogP contribution is 2.27. The number of alkyl halides is 3. The molecule has 0 spiro atoms. The van der Waals surface area contributed by atoms with E-state index in [9.17, 15) is 13.2 Å². The number of nitrogens with zero attached hydrogens (tertiary/aromatic N) is 2. The molecular formula is C11H14F3N3. The summed E-state index contributed by atoms with van der Waals surface area (Å²) in [4.78, 5) is 7.43. The molecule has 1 atom stereocenters. The van der Waals surface area contributed by atoms with Gasteiger partial charge in [0.25, 0.3) is 0 Å². The van der Waals surface area contributed by atoms with E-state index in [1.807, 2.05) is 0 Å². The zero-order valence-corrected chi connectivity index (χ0v) is 9.30. The summed E-state index contributed by atoms with van der Waals surface area (Å²) in [7, 11) is 0. The molecule has 1 saturated heterocycles. The maximum atomic E-state index is 12.4. The maximum absolute atomic E-state index is 12.4. The van der Waals surface area contributed by atoms with Gasteiger partial charge in [-0.15, -0.1) is 0 Å². The molecule has 1 fully saturated rings. The molecular weight excluding hydrogens is 231 g/mol. The molecule has 0 aromatic carbocycles. The van der Waals surface area contributed by atoms with Gasteiger partial charge in [0.15, 0.2) is 0 Å². The molecule has 1 unspecified atom stereocenters. The molecule has 94 valence electrons. The van der Waals surface area contributed by atoms with Crippen LogP contribution in [0.2, 0.25) is 0 Å². The van der Waals surface area contributed by atoms with Gasteiger partial charge in [-0.1, -0.05) is 0 Å². The lowest BCUT2D eigenvalue weighted by Crippen LogP contribution is -2.12. The number of hydrogen-bond donors (Lipinski definition) is 1. The Labute approximate surface area is 97.5 Å². The van der Waals surface area contributed by atoms with Crippen molar-refractivity contribution in [1.82, 2.24) is 15.3 Å². The zero-order chi connectivity index (χ0) is 12.3. The molecule has 0 aliphatic carbocycles. The Kier molecular flexibility index (Phi) is 3.61. The minimum absolute atomic E-state index is 0.284. The van der Waals surface area contributed by atoms with Gasteiger partial charge in [0.05, 0.1) is 0 Å². The smallest absolute Gasteiger partial charge is 0.316 e. The van der Waals surface area contributed by atoms with E-state index in [1.165, 1.54) is 6.20 Å². The van der Waals surface area contributed by atoms with Crippen molar-refractivity contribution in [3.8, 4) is 0 Å². The summed E-state index contributed by atoms with van der Waals surface area (Å²) in [5.41, 5.74) is -0.855. The van der Waals surface area contributed by atoms with E-state index in [0.717, 1.165) is 32.0 Å². The van der Waals surface area contributed by atoms with Crippen molar-refractivity contribution >= 4 is 0 Å². The molecule has 2 rings (SSSR count). The van der Waals surface area contributed by atoms with Gasteiger partial charge in [-0.05, 0) is 37.9 Å². The second kappa shape index (κ2) is 5.00. The lowest BCUT2D eigenvalue weighted by atomic mass is 10.0. The van der Waals surface area contributed by atoms with E-state index >= 15 is 0 Å². The van der Waals surface area contributed by atoms with Gasteiger partial charge < -0.3 is 5.32 Å². The van der Waals surface area contributed by atoms with Crippen molar-refractivity contribution in [1.29, 1.82) is 0 Å². The van der Waals surface area contributed by atoms with Crippen LogP contribution in [0.25, 0.3) is 0 Å². The lowest BCUT2D eigenvalue weighted by molar-refractivity contribution is -0.141. The largest absolute Gasteiger partial charge is 0.433 e. The quantitative estimate of drug-likeness (QED) is 0.885. The number of halogens is 3. The third kappa shape index (κ3) is 3.39. The van der Waals surface area contributed by atoms with Gasteiger partial charge >= 0.3 is 6.18 Å². The molecule has 17 heavy (non-hydrogen) atoms. The number of nitrogens with one attached hydrogen (secondary N) is 1. The van der Waals surface area contributed by atoms with Gasteiger partial charge in [-0.3, -0.25) is 0 Å². The topological polar surface area (TPSA) is 37.8 Å². The third-order valence-electron chi connectivity index (χ3n) is 2.93. The molecule has 3 nitrogen and oxygen atoms in total. The number of aryl methyl sites for hydroxylation is 1. The summed E-state index contributed by atoms with van der Waals surface area (Å²) < 4.78 is 37.2. The molecule has 1 aliphatic heterocycles. The summed E-state index contributed by atoms with van der Waals surface area (Å²) in [6, 6.07) is 0.903. The molecule has 0 saturated carbocycles.